The number of ether oxygens (including phenoxy) is 1. The fraction of sp³-hybridized carbons (Fsp3) is 0.350. The zero-order valence-electron chi connectivity index (χ0n) is 15.5. The van der Waals surface area contributed by atoms with Gasteiger partial charge in [-0.15, -0.1) is 0 Å². The van der Waals surface area contributed by atoms with Crippen LogP contribution < -0.4 is 4.90 Å². The third-order valence-corrected chi connectivity index (χ3v) is 5.28. The molecule has 0 N–H and O–H groups in total. The second kappa shape index (κ2) is 7.56. The number of carbonyl (C=O) groups excluding carboxylic acids is 3. The Bertz CT molecular complexity index is 932. The summed E-state index contributed by atoms with van der Waals surface area (Å²) in [6.07, 6.45) is 1.23. The highest BCUT2D eigenvalue weighted by Gasteiger charge is 2.25. The number of amides is 1. The van der Waals surface area contributed by atoms with E-state index in [1.165, 1.54) is 12.1 Å². The maximum atomic E-state index is 12.4. The van der Waals surface area contributed by atoms with Crippen molar-refractivity contribution in [2.45, 2.75) is 26.7 Å². The summed E-state index contributed by atoms with van der Waals surface area (Å²) in [4.78, 5) is 38.3. The summed E-state index contributed by atoms with van der Waals surface area (Å²) in [5, 5.41) is 0.397. The van der Waals surface area contributed by atoms with Crippen LogP contribution in [0.4, 0.5) is 5.69 Å². The van der Waals surface area contributed by atoms with Crippen LogP contribution in [-0.4, -0.2) is 35.4 Å². The van der Waals surface area contributed by atoms with Crippen molar-refractivity contribution in [1.82, 2.24) is 4.57 Å². The van der Waals surface area contributed by atoms with Gasteiger partial charge < -0.3 is 14.2 Å². The van der Waals surface area contributed by atoms with E-state index < -0.39 is 5.97 Å². The Morgan fingerprint density at radius 3 is 2.56 bits per heavy atom. The molecule has 0 aliphatic carbocycles. The maximum absolute atomic E-state index is 12.4. The maximum Gasteiger partial charge on any atom is 0.338 e. The highest BCUT2D eigenvalue weighted by Crippen LogP contribution is 2.30. The standard InChI is InChI=1S/C20H21ClN2O4/c1-12-9-15(13(2)22(12)3)18(24)11-27-20(26)14-6-7-16(21)17(10-14)23-8-4-5-19(23)25/h6-7,9-10H,4-5,8,11H2,1-3H3. The first-order valence-corrected chi connectivity index (χ1v) is 9.10. The predicted molar refractivity (Wildman–Crippen MR) is 103 cm³/mol. The summed E-state index contributed by atoms with van der Waals surface area (Å²) in [7, 11) is 1.88. The number of benzene rings is 1. The van der Waals surface area contributed by atoms with Crippen molar-refractivity contribution in [2.75, 3.05) is 18.1 Å². The molecule has 6 nitrogen and oxygen atoms in total. The Hall–Kier alpha value is -2.60. The number of aryl methyl sites for hydroxylation is 1. The number of hydrogen-bond acceptors (Lipinski definition) is 4. The largest absolute Gasteiger partial charge is 0.454 e. The van der Waals surface area contributed by atoms with Crippen LogP contribution in [0.15, 0.2) is 24.3 Å². The van der Waals surface area contributed by atoms with Crippen molar-refractivity contribution >= 4 is 34.9 Å². The third-order valence-electron chi connectivity index (χ3n) is 4.96. The summed E-state index contributed by atoms with van der Waals surface area (Å²) >= 11 is 6.19. The Morgan fingerprint density at radius 1 is 1.22 bits per heavy atom. The lowest BCUT2D eigenvalue weighted by atomic mass is 10.1. The molecule has 1 saturated heterocycles. The van der Waals surface area contributed by atoms with Gasteiger partial charge in [0, 0.05) is 37.0 Å². The minimum Gasteiger partial charge on any atom is -0.454 e. The second-order valence-electron chi connectivity index (χ2n) is 6.66. The van der Waals surface area contributed by atoms with Gasteiger partial charge in [0.1, 0.15) is 0 Å². The molecule has 2 heterocycles. The molecule has 0 saturated carbocycles. The lowest BCUT2D eigenvalue weighted by Crippen LogP contribution is -2.24. The molecule has 0 atom stereocenters. The average molecular weight is 389 g/mol. The number of Topliss-reactive ketones (excluding diaryl/α,β-unsaturated/α-hetero) is 1. The van der Waals surface area contributed by atoms with Gasteiger partial charge in [0.2, 0.25) is 11.7 Å². The summed E-state index contributed by atoms with van der Waals surface area (Å²) in [5.74, 6) is -0.904. The molecule has 0 radical (unpaired) electrons. The van der Waals surface area contributed by atoms with Crippen molar-refractivity contribution in [3.8, 4) is 0 Å². The Morgan fingerprint density at radius 2 is 1.96 bits per heavy atom. The van der Waals surface area contributed by atoms with E-state index in [1.807, 2.05) is 25.5 Å². The molecule has 0 spiro atoms. The van der Waals surface area contributed by atoms with E-state index >= 15 is 0 Å². The van der Waals surface area contributed by atoms with Gasteiger partial charge in [0.15, 0.2) is 6.61 Å². The number of halogens is 1. The van der Waals surface area contributed by atoms with Gasteiger partial charge in [-0.05, 0) is 44.5 Å². The molecule has 1 aromatic carbocycles. The van der Waals surface area contributed by atoms with Gasteiger partial charge in [-0.25, -0.2) is 4.79 Å². The molecule has 3 rings (SSSR count). The van der Waals surface area contributed by atoms with Gasteiger partial charge >= 0.3 is 5.97 Å². The summed E-state index contributed by atoms with van der Waals surface area (Å²) in [6.45, 7) is 3.98. The van der Waals surface area contributed by atoms with Crippen molar-refractivity contribution in [2.24, 2.45) is 7.05 Å². The molecule has 0 bridgehead atoms. The third kappa shape index (κ3) is 3.76. The van der Waals surface area contributed by atoms with Gasteiger partial charge in [-0.2, -0.15) is 0 Å². The molecule has 1 aromatic heterocycles. The average Bonchev–Trinajstić information content (AvgIpc) is 3.18. The molecule has 2 aromatic rings. The molecular formula is C20H21ClN2O4. The molecule has 0 unspecified atom stereocenters. The fourth-order valence-corrected chi connectivity index (χ4v) is 3.40. The summed E-state index contributed by atoms with van der Waals surface area (Å²) in [5.41, 5.74) is 3.08. The lowest BCUT2D eigenvalue weighted by Gasteiger charge is -2.18. The number of aromatic nitrogens is 1. The molecule has 1 aliphatic heterocycles. The molecule has 7 heteroatoms. The number of ketones is 1. The van der Waals surface area contributed by atoms with Crippen molar-refractivity contribution in [3.63, 3.8) is 0 Å². The monoisotopic (exact) mass is 388 g/mol. The fourth-order valence-electron chi connectivity index (χ4n) is 3.18. The van der Waals surface area contributed by atoms with E-state index in [0.29, 0.717) is 29.2 Å². The number of carbonyl (C=O) groups is 3. The molecular weight excluding hydrogens is 368 g/mol. The molecule has 27 heavy (non-hydrogen) atoms. The Labute approximate surface area is 162 Å². The van der Waals surface area contributed by atoms with E-state index in [-0.39, 0.29) is 23.9 Å². The van der Waals surface area contributed by atoms with Crippen LogP contribution in [0.3, 0.4) is 0 Å². The predicted octanol–water partition coefficient (Wildman–Crippen LogP) is 3.46. The van der Waals surface area contributed by atoms with Crippen LogP contribution in [-0.2, 0) is 16.6 Å². The van der Waals surface area contributed by atoms with Gasteiger partial charge in [-0.1, -0.05) is 11.6 Å². The first kappa shape index (κ1) is 19.2. The molecule has 1 amide bonds. The number of esters is 1. The number of nitrogens with zero attached hydrogens (tertiary/aromatic N) is 2. The van der Waals surface area contributed by atoms with Crippen LogP contribution in [0.5, 0.6) is 0 Å². The van der Waals surface area contributed by atoms with E-state index in [1.54, 1.807) is 17.0 Å². The summed E-state index contributed by atoms with van der Waals surface area (Å²) < 4.78 is 7.10. The van der Waals surface area contributed by atoms with Crippen molar-refractivity contribution < 1.29 is 19.1 Å². The SMILES string of the molecule is Cc1cc(C(=O)COC(=O)c2ccc(Cl)c(N3CCCC3=O)c2)c(C)n1C. The quantitative estimate of drug-likeness (QED) is 0.581. The zero-order chi connectivity index (χ0) is 19.7. The minimum absolute atomic E-state index is 0.0208. The highest BCUT2D eigenvalue weighted by atomic mass is 35.5. The van der Waals surface area contributed by atoms with E-state index in [9.17, 15) is 14.4 Å². The van der Waals surface area contributed by atoms with E-state index in [2.05, 4.69) is 0 Å². The summed E-state index contributed by atoms with van der Waals surface area (Å²) in [6, 6.07) is 6.41. The topological polar surface area (TPSA) is 68.6 Å². The second-order valence-corrected chi connectivity index (χ2v) is 7.07. The minimum atomic E-state index is -0.627. The number of rotatable bonds is 5. The van der Waals surface area contributed by atoms with Crippen molar-refractivity contribution in [1.29, 1.82) is 0 Å². The lowest BCUT2D eigenvalue weighted by molar-refractivity contribution is -0.117. The van der Waals surface area contributed by atoms with Gasteiger partial charge in [0.25, 0.3) is 0 Å². The molecule has 1 aliphatic rings. The van der Waals surface area contributed by atoms with Crippen molar-refractivity contribution in [3.05, 3.63) is 51.8 Å². The van der Waals surface area contributed by atoms with Gasteiger partial charge in [-0.3, -0.25) is 9.59 Å². The molecule has 142 valence electrons. The number of anilines is 1. The van der Waals surface area contributed by atoms with Crippen LogP contribution in [0.2, 0.25) is 5.02 Å². The van der Waals surface area contributed by atoms with Crippen LogP contribution in [0, 0.1) is 13.8 Å². The normalized spacial score (nSPS) is 13.9. The van der Waals surface area contributed by atoms with Crippen LogP contribution in [0.1, 0.15) is 44.9 Å². The van der Waals surface area contributed by atoms with Crippen LogP contribution in [0.25, 0.3) is 0 Å². The van der Waals surface area contributed by atoms with E-state index in [0.717, 1.165) is 17.8 Å². The van der Waals surface area contributed by atoms with E-state index in [4.69, 9.17) is 16.3 Å². The highest BCUT2D eigenvalue weighted by molar-refractivity contribution is 6.34. The Balaban J connectivity index is 1.72. The molecule has 1 fully saturated rings. The smallest absolute Gasteiger partial charge is 0.338 e. The number of hydrogen-bond donors (Lipinski definition) is 0. The van der Waals surface area contributed by atoms with Crippen LogP contribution >= 0.6 is 11.6 Å². The first-order valence-electron chi connectivity index (χ1n) is 8.72. The Kier molecular flexibility index (Phi) is 5.37. The zero-order valence-corrected chi connectivity index (χ0v) is 16.3. The van der Waals surface area contributed by atoms with Gasteiger partial charge in [0.05, 0.1) is 16.3 Å². The first-order chi connectivity index (χ1) is 12.8.